The molecule has 24 heavy (non-hydrogen) atoms. The summed E-state index contributed by atoms with van der Waals surface area (Å²) in [7, 11) is 0. The maximum atomic E-state index is 12.8. The van der Waals surface area contributed by atoms with E-state index in [0.29, 0.717) is 17.5 Å². The Labute approximate surface area is 136 Å². The first kappa shape index (κ1) is 20.3. The first-order valence-corrected chi connectivity index (χ1v) is 7.52. The number of hydrogen-bond donors (Lipinski definition) is 2. The van der Waals surface area contributed by atoms with Crippen LogP contribution < -0.4 is 5.73 Å². The highest BCUT2D eigenvalue weighted by atomic mass is 19.4. The van der Waals surface area contributed by atoms with E-state index in [1.165, 1.54) is 0 Å². The third-order valence-electron chi connectivity index (χ3n) is 3.89. The minimum atomic E-state index is -5.55. The van der Waals surface area contributed by atoms with Crippen molar-refractivity contribution in [1.29, 1.82) is 0 Å². The van der Waals surface area contributed by atoms with Gasteiger partial charge < -0.3 is 10.8 Å². The number of aliphatic carboxylic acids is 1. The fourth-order valence-corrected chi connectivity index (χ4v) is 2.38. The number of benzene rings is 1. The van der Waals surface area contributed by atoms with Gasteiger partial charge in [0.2, 0.25) is 0 Å². The monoisotopic (exact) mass is 353 g/mol. The molecule has 0 amide bonds. The van der Waals surface area contributed by atoms with Crippen LogP contribution in [-0.2, 0) is 4.79 Å². The van der Waals surface area contributed by atoms with Crippen molar-refractivity contribution in [1.82, 2.24) is 0 Å². The van der Waals surface area contributed by atoms with E-state index in [9.17, 15) is 26.7 Å². The number of carboxylic acid groups (broad SMARTS) is 1. The second-order valence-electron chi connectivity index (χ2n) is 5.67. The van der Waals surface area contributed by atoms with Crippen molar-refractivity contribution in [3.63, 3.8) is 0 Å². The standard InChI is InChI=1S/C16H20F5NO2/c1-2-12(14(23)24)10-5-7-11(8-6-10)13(22)4-3-9-15(17,18)16(19,20)21/h5-8,12-13H,2-4,9,22H2,1H3,(H,23,24). The first-order valence-electron chi connectivity index (χ1n) is 7.52. The third-order valence-corrected chi connectivity index (χ3v) is 3.89. The van der Waals surface area contributed by atoms with Gasteiger partial charge in [-0.1, -0.05) is 31.2 Å². The van der Waals surface area contributed by atoms with Gasteiger partial charge in [0.15, 0.2) is 0 Å². The Balaban J connectivity index is 2.63. The summed E-state index contributed by atoms with van der Waals surface area (Å²) in [5.41, 5.74) is 6.96. The van der Waals surface area contributed by atoms with Gasteiger partial charge in [-0.15, -0.1) is 0 Å². The van der Waals surface area contributed by atoms with E-state index in [1.807, 2.05) is 0 Å². The molecular weight excluding hydrogens is 333 g/mol. The number of hydrogen-bond acceptors (Lipinski definition) is 2. The summed E-state index contributed by atoms with van der Waals surface area (Å²) in [6, 6.07) is 5.64. The number of rotatable bonds is 8. The van der Waals surface area contributed by atoms with E-state index >= 15 is 0 Å². The molecule has 3 nitrogen and oxygen atoms in total. The minimum Gasteiger partial charge on any atom is -0.481 e. The van der Waals surface area contributed by atoms with Gasteiger partial charge in [-0.05, 0) is 30.4 Å². The molecule has 0 aliphatic carbocycles. The molecule has 0 aliphatic heterocycles. The summed E-state index contributed by atoms with van der Waals surface area (Å²) in [5.74, 6) is -6.32. The Bertz CT molecular complexity index is 542. The summed E-state index contributed by atoms with van der Waals surface area (Å²) in [4.78, 5) is 11.1. The van der Waals surface area contributed by atoms with E-state index in [2.05, 4.69) is 0 Å². The van der Waals surface area contributed by atoms with Crippen LogP contribution in [0.15, 0.2) is 24.3 Å². The largest absolute Gasteiger partial charge is 0.481 e. The molecule has 0 spiro atoms. The minimum absolute atomic E-state index is 0.0266. The highest BCUT2D eigenvalue weighted by molar-refractivity contribution is 5.75. The van der Waals surface area contributed by atoms with Crippen LogP contribution in [0.3, 0.4) is 0 Å². The van der Waals surface area contributed by atoms with Crippen molar-refractivity contribution in [2.45, 2.75) is 56.7 Å². The Hall–Kier alpha value is -1.70. The number of alkyl halides is 5. The lowest BCUT2D eigenvalue weighted by molar-refractivity contribution is -0.284. The van der Waals surface area contributed by atoms with Gasteiger partial charge in [-0.2, -0.15) is 22.0 Å². The summed E-state index contributed by atoms with van der Waals surface area (Å²) < 4.78 is 61.8. The van der Waals surface area contributed by atoms with E-state index in [-0.39, 0.29) is 12.8 Å². The number of nitrogens with two attached hydrogens (primary N) is 1. The summed E-state index contributed by atoms with van der Waals surface area (Å²) >= 11 is 0. The summed E-state index contributed by atoms with van der Waals surface area (Å²) in [6.07, 6.45) is -6.85. The van der Waals surface area contributed by atoms with Gasteiger partial charge in [0.25, 0.3) is 0 Å². The lowest BCUT2D eigenvalue weighted by atomic mass is 9.93. The number of carbonyl (C=O) groups is 1. The zero-order valence-corrected chi connectivity index (χ0v) is 13.1. The topological polar surface area (TPSA) is 63.3 Å². The molecule has 8 heteroatoms. The van der Waals surface area contributed by atoms with Gasteiger partial charge in [0.05, 0.1) is 5.92 Å². The van der Waals surface area contributed by atoms with Crippen LogP contribution in [0.5, 0.6) is 0 Å². The van der Waals surface area contributed by atoms with Gasteiger partial charge in [0, 0.05) is 12.5 Å². The Kier molecular flexibility index (Phi) is 6.71. The first-order chi connectivity index (χ1) is 11.0. The Morgan fingerprint density at radius 3 is 2.04 bits per heavy atom. The molecule has 0 fully saturated rings. The van der Waals surface area contributed by atoms with Gasteiger partial charge >= 0.3 is 18.1 Å². The van der Waals surface area contributed by atoms with Gasteiger partial charge in [-0.3, -0.25) is 4.79 Å². The molecule has 0 aliphatic rings. The molecule has 1 rings (SSSR count). The smallest absolute Gasteiger partial charge is 0.453 e. The van der Waals surface area contributed by atoms with Crippen LogP contribution in [0.1, 0.15) is 55.7 Å². The Morgan fingerprint density at radius 1 is 1.12 bits per heavy atom. The van der Waals surface area contributed by atoms with Crippen molar-refractivity contribution in [2.75, 3.05) is 0 Å². The highest BCUT2D eigenvalue weighted by Gasteiger charge is 2.56. The number of halogens is 5. The highest BCUT2D eigenvalue weighted by Crippen LogP contribution is 2.39. The van der Waals surface area contributed by atoms with Crippen LogP contribution in [0, 0.1) is 0 Å². The quantitative estimate of drug-likeness (QED) is 0.670. The van der Waals surface area contributed by atoms with Gasteiger partial charge in [0.1, 0.15) is 0 Å². The van der Waals surface area contributed by atoms with E-state index in [0.717, 1.165) is 0 Å². The SMILES string of the molecule is CCC(C(=O)O)c1ccc(C(N)CCCC(F)(F)C(F)(F)F)cc1. The zero-order chi connectivity index (χ0) is 18.5. The number of carboxylic acids is 1. The average Bonchev–Trinajstić information content (AvgIpc) is 2.46. The van der Waals surface area contributed by atoms with Crippen LogP contribution >= 0.6 is 0 Å². The van der Waals surface area contributed by atoms with Crippen molar-refractivity contribution < 1.29 is 31.9 Å². The second kappa shape index (κ2) is 7.92. The van der Waals surface area contributed by atoms with Crippen molar-refractivity contribution >= 4 is 5.97 Å². The van der Waals surface area contributed by atoms with E-state index in [1.54, 1.807) is 31.2 Å². The molecule has 0 bridgehead atoms. The molecule has 0 saturated heterocycles. The molecule has 2 atom stereocenters. The van der Waals surface area contributed by atoms with Crippen molar-refractivity contribution in [3.8, 4) is 0 Å². The molecule has 3 N–H and O–H groups in total. The molecule has 0 radical (unpaired) electrons. The normalized spacial score (nSPS) is 15.1. The van der Waals surface area contributed by atoms with Crippen molar-refractivity contribution in [3.05, 3.63) is 35.4 Å². The average molecular weight is 353 g/mol. The van der Waals surface area contributed by atoms with Gasteiger partial charge in [-0.25, -0.2) is 0 Å². The fraction of sp³-hybridized carbons (Fsp3) is 0.562. The molecule has 1 aromatic carbocycles. The molecular formula is C16H20F5NO2. The third kappa shape index (κ3) is 5.15. The van der Waals surface area contributed by atoms with Crippen LogP contribution in [0.4, 0.5) is 22.0 Å². The Morgan fingerprint density at radius 2 is 1.62 bits per heavy atom. The lowest BCUT2D eigenvalue weighted by Crippen LogP contribution is -2.36. The van der Waals surface area contributed by atoms with Crippen LogP contribution in [0.2, 0.25) is 0 Å². The molecule has 0 heterocycles. The molecule has 2 unspecified atom stereocenters. The summed E-state index contributed by atoms with van der Waals surface area (Å²) in [5, 5.41) is 9.08. The predicted molar refractivity (Wildman–Crippen MR) is 78.9 cm³/mol. The van der Waals surface area contributed by atoms with E-state index in [4.69, 9.17) is 10.8 Å². The maximum Gasteiger partial charge on any atom is 0.453 e. The second-order valence-corrected chi connectivity index (χ2v) is 5.67. The maximum absolute atomic E-state index is 12.8. The molecule has 0 saturated carbocycles. The molecule has 1 aromatic rings. The zero-order valence-electron chi connectivity index (χ0n) is 13.1. The van der Waals surface area contributed by atoms with E-state index < -0.39 is 36.4 Å². The molecule has 0 aromatic heterocycles. The fourth-order valence-electron chi connectivity index (χ4n) is 2.38. The van der Waals surface area contributed by atoms with Crippen molar-refractivity contribution in [2.24, 2.45) is 5.73 Å². The van der Waals surface area contributed by atoms with Crippen LogP contribution in [0.25, 0.3) is 0 Å². The lowest BCUT2D eigenvalue weighted by Gasteiger charge is -2.20. The van der Waals surface area contributed by atoms with Crippen LogP contribution in [-0.4, -0.2) is 23.2 Å². The molecule has 136 valence electrons. The summed E-state index contributed by atoms with van der Waals surface area (Å²) in [6.45, 7) is 1.74. The predicted octanol–water partition coefficient (Wildman–Crippen LogP) is 4.63.